The number of nitrogens with one attached hydrogen (secondary N) is 1. The van der Waals surface area contributed by atoms with Crippen LogP contribution in [0.3, 0.4) is 0 Å². The van der Waals surface area contributed by atoms with Crippen molar-refractivity contribution in [3.63, 3.8) is 0 Å². The molecule has 3 amide bonds. The molecule has 0 atom stereocenters. The number of benzene rings is 1. The number of piperazine rings is 1. The molecule has 2 aliphatic rings. The summed E-state index contributed by atoms with van der Waals surface area (Å²) in [5.41, 5.74) is 1.88. The van der Waals surface area contributed by atoms with Crippen molar-refractivity contribution in [2.75, 3.05) is 49.5 Å². The van der Waals surface area contributed by atoms with Crippen molar-refractivity contribution >= 4 is 29.1 Å². The summed E-state index contributed by atoms with van der Waals surface area (Å²) in [6, 6.07) is 7.81. The number of hydrogen-bond donors (Lipinski definition) is 1. The molecule has 7 heteroatoms. The van der Waals surface area contributed by atoms with Gasteiger partial charge in [0.15, 0.2) is 0 Å². The van der Waals surface area contributed by atoms with Gasteiger partial charge in [-0.05, 0) is 43.5 Å². The second-order valence-corrected chi connectivity index (χ2v) is 7.21. The number of piperidine rings is 1. The number of anilines is 2. The quantitative estimate of drug-likeness (QED) is 0.817. The predicted molar refractivity (Wildman–Crippen MR) is 105 cm³/mol. The lowest BCUT2D eigenvalue weighted by Crippen LogP contribution is -2.50. The largest absolute Gasteiger partial charge is 0.372 e. The number of nitrogens with zero attached hydrogens (tertiary/aromatic N) is 3. The van der Waals surface area contributed by atoms with Gasteiger partial charge in [-0.15, -0.1) is 0 Å². The highest BCUT2D eigenvalue weighted by Crippen LogP contribution is 2.21. The van der Waals surface area contributed by atoms with E-state index in [1.165, 1.54) is 31.9 Å². The van der Waals surface area contributed by atoms with Crippen molar-refractivity contribution in [3.05, 3.63) is 24.3 Å². The van der Waals surface area contributed by atoms with Crippen molar-refractivity contribution in [1.29, 1.82) is 0 Å². The van der Waals surface area contributed by atoms with Crippen molar-refractivity contribution in [2.24, 2.45) is 0 Å². The van der Waals surface area contributed by atoms with Gasteiger partial charge in [-0.3, -0.25) is 14.4 Å². The van der Waals surface area contributed by atoms with Gasteiger partial charge in [0.25, 0.3) is 0 Å². The van der Waals surface area contributed by atoms with Gasteiger partial charge in [0.2, 0.25) is 17.7 Å². The molecule has 27 heavy (non-hydrogen) atoms. The molecule has 0 aliphatic carbocycles. The van der Waals surface area contributed by atoms with E-state index in [0.29, 0.717) is 31.9 Å². The second kappa shape index (κ2) is 8.88. The maximum Gasteiger partial charge on any atom is 0.233 e. The van der Waals surface area contributed by atoms with Gasteiger partial charge in [-0.25, -0.2) is 0 Å². The summed E-state index contributed by atoms with van der Waals surface area (Å²) in [6.45, 7) is 5.71. The fourth-order valence-corrected chi connectivity index (χ4v) is 3.63. The normalized spacial score (nSPS) is 17.6. The molecule has 2 saturated heterocycles. The minimum Gasteiger partial charge on any atom is -0.372 e. The Kier molecular flexibility index (Phi) is 6.32. The maximum absolute atomic E-state index is 12.3. The van der Waals surface area contributed by atoms with Crippen LogP contribution in [0.25, 0.3) is 0 Å². The molecule has 0 spiro atoms. The number of carbonyl (C=O) groups is 3. The average molecular weight is 372 g/mol. The van der Waals surface area contributed by atoms with Gasteiger partial charge in [-0.2, -0.15) is 0 Å². The Morgan fingerprint density at radius 3 is 2.04 bits per heavy atom. The number of rotatable bonds is 4. The average Bonchev–Trinajstić information content (AvgIpc) is 2.69. The van der Waals surface area contributed by atoms with E-state index in [1.54, 1.807) is 9.80 Å². The van der Waals surface area contributed by atoms with E-state index < -0.39 is 0 Å². The lowest BCUT2D eigenvalue weighted by Gasteiger charge is -2.34. The first-order valence-electron chi connectivity index (χ1n) is 9.71. The van der Waals surface area contributed by atoms with Crippen molar-refractivity contribution < 1.29 is 14.4 Å². The van der Waals surface area contributed by atoms with Gasteiger partial charge in [-0.1, -0.05) is 0 Å². The van der Waals surface area contributed by atoms with E-state index >= 15 is 0 Å². The fraction of sp³-hybridized carbons (Fsp3) is 0.550. The lowest BCUT2D eigenvalue weighted by atomic mass is 10.1. The molecule has 0 saturated carbocycles. The van der Waals surface area contributed by atoms with Crippen LogP contribution >= 0.6 is 0 Å². The SMILES string of the molecule is CC(=O)N1CCN(C(=O)CC(=O)Nc2ccc(N3CCCCC3)cc2)CC1. The van der Waals surface area contributed by atoms with Crippen LogP contribution in [0.1, 0.15) is 32.6 Å². The highest BCUT2D eigenvalue weighted by molar-refractivity contribution is 6.03. The second-order valence-electron chi connectivity index (χ2n) is 7.21. The van der Waals surface area contributed by atoms with Gasteiger partial charge < -0.3 is 20.0 Å². The Bertz CT molecular complexity index is 675. The Labute approximate surface area is 160 Å². The first kappa shape index (κ1) is 19.2. The molecule has 2 fully saturated rings. The molecule has 2 heterocycles. The maximum atomic E-state index is 12.3. The van der Waals surface area contributed by atoms with E-state index in [4.69, 9.17) is 0 Å². The van der Waals surface area contributed by atoms with E-state index in [-0.39, 0.29) is 24.1 Å². The van der Waals surface area contributed by atoms with Gasteiger partial charge in [0.1, 0.15) is 6.42 Å². The van der Waals surface area contributed by atoms with Crippen LogP contribution in [0, 0.1) is 0 Å². The van der Waals surface area contributed by atoms with E-state index in [0.717, 1.165) is 13.1 Å². The molecule has 3 rings (SSSR count). The van der Waals surface area contributed by atoms with Crippen LogP contribution in [0.15, 0.2) is 24.3 Å². The molecular weight excluding hydrogens is 344 g/mol. The zero-order valence-electron chi connectivity index (χ0n) is 15.9. The number of carbonyl (C=O) groups excluding carboxylic acids is 3. The third-order valence-electron chi connectivity index (χ3n) is 5.26. The minimum absolute atomic E-state index is 0.0212. The summed E-state index contributed by atoms with van der Waals surface area (Å²) < 4.78 is 0. The van der Waals surface area contributed by atoms with Crippen LogP contribution in [-0.4, -0.2) is 66.8 Å². The standard InChI is InChI=1S/C20H28N4O3/c1-16(25)22-11-13-24(14-12-22)20(27)15-19(26)21-17-5-7-18(8-6-17)23-9-3-2-4-10-23/h5-8H,2-4,9-15H2,1H3,(H,21,26). The van der Waals surface area contributed by atoms with Crippen molar-refractivity contribution in [2.45, 2.75) is 32.6 Å². The molecule has 0 bridgehead atoms. The van der Waals surface area contributed by atoms with Crippen LogP contribution in [0.5, 0.6) is 0 Å². The summed E-state index contributed by atoms with van der Waals surface area (Å²) in [5.74, 6) is -0.479. The van der Waals surface area contributed by atoms with Crippen LogP contribution in [0.2, 0.25) is 0 Å². The van der Waals surface area contributed by atoms with Crippen LogP contribution in [-0.2, 0) is 14.4 Å². The summed E-state index contributed by atoms with van der Waals surface area (Å²) in [6.07, 6.45) is 3.57. The Hall–Kier alpha value is -2.57. The molecule has 1 N–H and O–H groups in total. The summed E-state index contributed by atoms with van der Waals surface area (Å²) >= 11 is 0. The smallest absolute Gasteiger partial charge is 0.233 e. The minimum atomic E-state index is -0.306. The molecule has 7 nitrogen and oxygen atoms in total. The van der Waals surface area contributed by atoms with Crippen molar-refractivity contribution in [3.8, 4) is 0 Å². The molecular formula is C20H28N4O3. The summed E-state index contributed by atoms with van der Waals surface area (Å²) in [5, 5.41) is 2.80. The first-order valence-corrected chi connectivity index (χ1v) is 9.71. The molecule has 0 unspecified atom stereocenters. The zero-order valence-corrected chi connectivity index (χ0v) is 15.9. The molecule has 0 aromatic heterocycles. The van der Waals surface area contributed by atoms with Gasteiger partial charge >= 0.3 is 0 Å². The topological polar surface area (TPSA) is 73.0 Å². The summed E-state index contributed by atoms with van der Waals surface area (Å²) in [4.78, 5) is 41.5. The van der Waals surface area contributed by atoms with Crippen molar-refractivity contribution in [1.82, 2.24) is 9.80 Å². The Morgan fingerprint density at radius 1 is 0.852 bits per heavy atom. The van der Waals surface area contributed by atoms with E-state index in [1.807, 2.05) is 24.3 Å². The zero-order chi connectivity index (χ0) is 19.2. The van der Waals surface area contributed by atoms with Crippen LogP contribution < -0.4 is 10.2 Å². The Morgan fingerprint density at radius 2 is 1.44 bits per heavy atom. The van der Waals surface area contributed by atoms with E-state index in [9.17, 15) is 14.4 Å². The monoisotopic (exact) mass is 372 g/mol. The first-order chi connectivity index (χ1) is 13.0. The third-order valence-corrected chi connectivity index (χ3v) is 5.26. The number of hydrogen-bond acceptors (Lipinski definition) is 4. The van der Waals surface area contributed by atoms with Gasteiger partial charge in [0, 0.05) is 57.6 Å². The Balaban J connectivity index is 1.46. The molecule has 1 aromatic carbocycles. The molecule has 0 radical (unpaired) electrons. The molecule has 2 aliphatic heterocycles. The third kappa shape index (κ3) is 5.21. The predicted octanol–water partition coefficient (Wildman–Crippen LogP) is 1.70. The van der Waals surface area contributed by atoms with Gasteiger partial charge in [0.05, 0.1) is 0 Å². The summed E-state index contributed by atoms with van der Waals surface area (Å²) in [7, 11) is 0. The molecule has 146 valence electrons. The molecule has 1 aromatic rings. The number of amides is 3. The van der Waals surface area contributed by atoms with Crippen LogP contribution in [0.4, 0.5) is 11.4 Å². The highest BCUT2D eigenvalue weighted by Gasteiger charge is 2.23. The fourth-order valence-electron chi connectivity index (χ4n) is 3.63. The highest BCUT2D eigenvalue weighted by atomic mass is 16.2. The van der Waals surface area contributed by atoms with E-state index in [2.05, 4.69) is 10.2 Å². The lowest BCUT2D eigenvalue weighted by molar-refractivity contribution is -0.140.